The van der Waals surface area contributed by atoms with Crippen LogP contribution in [0.15, 0.2) is 0 Å². The molecule has 0 aromatic rings. The van der Waals surface area contributed by atoms with Crippen LogP contribution in [0.25, 0.3) is 0 Å². The van der Waals surface area contributed by atoms with E-state index >= 15 is 0 Å². The predicted octanol–water partition coefficient (Wildman–Crippen LogP) is -1.54. The summed E-state index contributed by atoms with van der Waals surface area (Å²) in [5.41, 5.74) is 5.30. The minimum Gasteiger partial charge on any atom is -0.391 e. The van der Waals surface area contributed by atoms with Crippen molar-refractivity contribution in [3.63, 3.8) is 0 Å². The monoisotopic (exact) mass is 106 g/mol. The molecule has 0 aromatic carbocycles. The number of nitrogens with two attached hydrogens (primary N) is 1. The molecular formula is C3H8NOS+. The third-order valence-corrected chi connectivity index (χ3v) is 2.08. The van der Waals surface area contributed by atoms with Gasteiger partial charge in [-0.2, -0.15) is 0 Å². The summed E-state index contributed by atoms with van der Waals surface area (Å²) in [5, 5.41) is 8.98. The molecule has 1 fully saturated rings. The topological polar surface area (TPSA) is 46.2 Å². The van der Waals surface area contributed by atoms with Gasteiger partial charge in [0, 0.05) is 11.8 Å². The fourth-order valence-electron chi connectivity index (χ4n) is 0.327. The van der Waals surface area contributed by atoms with Gasteiger partial charge in [-0.15, -0.1) is 0 Å². The summed E-state index contributed by atoms with van der Waals surface area (Å²) >= 11 is 1.22. The van der Waals surface area contributed by atoms with Crippen LogP contribution in [0.5, 0.6) is 0 Å². The molecule has 1 aliphatic heterocycles. The second kappa shape index (κ2) is 1.40. The quantitative estimate of drug-likeness (QED) is 0.242. The van der Waals surface area contributed by atoms with E-state index in [9.17, 15) is 0 Å². The Kier molecular flexibility index (Phi) is 1.04. The van der Waals surface area contributed by atoms with Gasteiger partial charge in [-0.3, -0.25) is 5.73 Å². The molecule has 0 spiro atoms. The van der Waals surface area contributed by atoms with Gasteiger partial charge in [0.1, 0.15) is 0 Å². The lowest BCUT2D eigenvalue weighted by Gasteiger charge is -1.68. The van der Waals surface area contributed by atoms with Crippen LogP contribution < -0.4 is 5.73 Å². The lowest BCUT2D eigenvalue weighted by Crippen LogP contribution is -2.07. The fraction of sp³-hybridized carbons (Fsp3) is 1.00. The molecule has 0 aliphatic carbocycles. The summed E-state index contributed by atoms with van der Waals surface area (Å²) in [4.78, 5) is 0. The van der Waals surface area contributed by atoms with Crippen molar-refractivity contribution in [1.29, 1.82) is 0 Å². The summed E-state index contributed by atoms with van der Waals surface area (Å²) < 4.78 is 0. The number of aliphatic hydroxyl groups is 1. The van der Waals surface area contributed by atoms with Crippen molar-refractivity contribution in [2.75, 3.05) is 6.61 Å². The van der Waals surface area contributed by atoms with Crippen molar-refractivity contribution in [1.82, 2.24) is 0 Å². The third kappa shape index (κ3) is 0.668. The van der Waals surface area contributed by atoms with Crippen LogP contribution in [0.3, 0.4) is 0 Å². The zero-order valence-corrected chi connectivity index (χ0v) is 4.23. The van der Waals surface area contributed by atoms with E-state index in [1.807, 2.05) is 0 Å². The molecule has 0 bridgehead atoms. The minimum absolute atomic E-state index is 0.267. The van der Waals surface area contributed by atoms with Gasteiger partial charge in [0.25, 0.3) is 0 Å². The molecule has 0 saturated carbocycles. The second-order valence-corrected chi connectivity index (χ2v) is 2.95. The molecule has 2 nitrogen and oxygen atoms in total. The van der Waals surface area contributed by atoms with Crippen LogP contribution in [-0.4, -0.2) is 22.3 Å². The number of thiol groups is 1. The van der Waals surface area contributed by atoms with E-state index in [2.05, 4.69) is 0 Å². The molecule has 36 valence electrons. The Morgan fingerprint density at radius 2 is 2.33 bits per heavy atom. The van der Waals surface area contributed by atoms with Crippen molar-refractivity contribution in [2.45, 2.75) is 10.6 Å². The SMILES string of the molecule is N[C@H]1[SH+][C@H]1CO. The van der Waals surface area contributed by atoms with E-state index in [-0.39, 0.29) is 12.0 Å². The summed E-state index contributed by atoms with van der Waals surface area (Å²) in [6, 6.07) is 0. The molecule has 0 aromatic heterocycles. The Labute approximate surface area is 40.7 Å². The van der Waals surface area contributed by atoms with Crippen molar-refractivity contribution < 1.29 is 5.11 Å². The summed E-state index contributed by atoms with van der Waals surface area (Å²) in [6.45, 7) is 0.267. The van der Waals surface area contributed by atoms with Crippen LogP contribution in [0.4, 0.5) is 0 Å². The van der Waals surface area contributed by atoms with E-state index in [0.29, 0.717) is 5.25 Å². The maximum absolute atomic E-state index is 8.29. The fourth-order valence-corrected chi connectivity index (χ4v) is 0.858. The molecule has 1 heterocycles. The van der Waals surface area contributed by atoms with Crippen molar-refractivity contribution in [3.05, 3.63) is 0 Å². The summed E-state index contributed by atoms with van der Waals surface area (Å²) in [7, 11) is 0. The van der Waals surface area contributed by atoms with E-state index in [1.54, 1.807) is 0 Å². The molecule has 0 radical (unpaired) electrons. The average molecular weight is 106 g/mol. The minimum atomic E-state index is 0.267. The van der Waals surface area contributed by atoms with E-state index in [1.165, 1.54) is 11.8 Å². The first-order chi connectivity index (χ1) is 2.84. The highest BCUT2D eigenvalue weighted by molar-refractivity contribution is 7.87. The lowest BCUT2D eigenvalue weighted by molar-refractivity contribution is 0.302. The smallest absolute Gasteiger partial charge is 0.215 e. The standard InChI is InChI=1S/C3H7NOS/c4-3-2(1-5)6-3/h2-3,5H,1,4H2/p+1/t2-,3-/m0/s1. The summed E-state index contributed by atoms with van der Waals surface area (Å²) in [6.07, 6.45) is 0. The average Bonchev–Trinajstić information content (AvgIpc) is 2.19. The van der Waals surface area contributed by atoms with Crippen molar-refractivity contribution in [3.8, 4) is 0 Å². The van der Waals surface area contributed by atoms with Crippen LogP contribution >= 0.6 is 0 Å². The molecular weight excluding hydrogens is 98.1 g/mol. The lowest BCUT2D eigenvalue weighted by atomic mass is 10.5. The van der Waals surface area contributed by atoms with Crippen molar-refractivity contribution >= 4 is 11.8 Å². The highest BCUT2D eigenvalue weighted by Gasteiger charge is 2.46. The Morgan fingerprint density at radius 1 is 1.83 bits per heavy atom. The van der Waals surface area contributed by atoms with Gasteiger partial charge in [0.2, 0.25) is 10.6 Å². The van der Waals surface area contributed by atoms with Gasteiger partial charge >= 0.3 is 0 Å². The predicted molar refractivity (Wildman–Crippen MR) is 27.6 cm³/mol. The normalized spacial score (nSPS) is 43.0. The summed E-state index contributed by atoms with van der Waals surface area (Å²) in [5.74, 6) is 0. The Bertz CT molecular complexity index is 56.8. The Balaban J connectivity index is 2.09. The van der Waals surface area contributed by atoms with Crippen LogP contribution in [-0.2, 0) is 11.8 Å². The first kappa shape index (κ1) is 4.43. The van der Waals surface area contributed by atoms with Gasteiger partial charge in [0.15, 0.2) is 0 Å². The first-order valence-corrected chi connectivity index (χ1v) is 2.94. The zero-order valence-electron chi connectivity index (χ0n) is 3.33. The number of hydrogen-bond donors (Lipinski definition) is 2. The molecule has 3 heteroatoms. The van der Waals surface area contributed by atoms with Gasteiger partial charge in [-0.1, -0.05) is 0 Å². The maximum atomic E-state index is 8.29. The van der Waals surface area contributed by atoms with Gasteiger partial charge < -0.3 is 5.11 Å². The van der Waals surface area contributed by atoms with Crippen molar-refractivity contribution in [2.24, 2.45) is 5.73 Å². The Hall–Kier alpha value is 0.270. The van der Waals surface area contributed by atoms with Gasteiger partial charge in [-0.25, -0.2) is 0 Å². The van der Waals surface area contributed by atoms with Crippen LogP contribution in [0.2, 0.25) is 0 Å². The molecule has 1 saturated heterocycles. The maximum Gasteiger partial charge on any atom is 0.215 e. The zero-order chi connectivity index (χ0) is 4.57. The van der Waals surface area contributed by atoms with Gasteiger partial charge in [-0.05, 0) is 0 Å². The number of aliphatic hydroxyl groups excluding tert-OH is 1. The van der Waals surface area contributed by atoms with E-state index in [0.717, 1.165) is 0 Å². The Morgan fingerprint density at radius 3 is 2.33 bits per heavy atom. The highest BCUT2D eigenvalue weighted by Crippen LogP contribution is 2.15. The van der Waals surface area contributed by atoms with Crippen LogP contribution in [0, 0.1) is 0 Å². The number of rotatable bonds is 1. The molecule has 1 aliphatic rings. The molecule has 0 amide bonds. The highest BCUT2D eigenvalue weighted by atomic mass is 32.2. The van der Waals surface area contributed by atoms with Gasteiger partial charge in [0.05, 0.1) is 6.61 Å². The molecule has 2 atom stereocenters. The number of hydrogen-bond acceptors (Lipinski definition) is 2. The first-order valence-electron chi connectivity index (χ1n) is 1.91. The molecule has 1 rings (SSSR count). The third-order valence-electron chi connectivity index (χ3n) is 0.855. The second-order valence-electron chi connectivity index (χ2n) is 1.39. The molecule has 0 unspecified atom stereocenters. The molecule has 3 N–H and O–H groups in total. The van der Waals surface area contributed by atoms with Crippen LogP contribution in [0.1, 0.15) is 0 Å². The van der Waals surface area contributed by atoms with E-state index in [4.69, 9.17) is 10.8 Å². The molecule has 6 heavy (non-hydrogen) atoms. The largest absolute Gasteiger partial charge is 0.391 e. The van der Waals surface area contributed by atoms with E-state index < -0.39 is 0 Å².